The number of thioether (sulfide) groups is 1. The van der Waals surface area contributed by atoms with Crippen LogP contribution in [0, 0.1) is 13.8 Å². The average Bonchev–Trinajstić information content (AvgIpc) is 3.23. The molecule has 1 fully saturated rings. The summed E-state index contributed by atoms with van der Waals surface area (Å²) in [4.78, 5) is 27.5. The molecule has 0 unspecified atom stereocenters. The molecule has 200 valence electrons. The number of hydrogen-bond acceptors (Lipinski definition) is 6. The van der Waals surface area contributed by atoms with E-state index < -0.39 is 0 Å². The van der Waals surface area contributed by atoms with Gasteiger partial charge in [0, 0.05) is 5.69 Å². The molecule has 1 aliphatic heterocycles. The summed E-state index contributed by atoms with van der Waals surface area (Å²) in [5, 5.41) is 2.84. The van der Waals surface area contributed by atoms with Gasteiger partial charge in [0.25, 0.3) is 11.8 Å². The number of amides is 2. The van der Waals surface area contributed by atoms with E-state index in [4.69, 9.17) is 21.7 Å². The van der Waals surface area contributed by atoms with Gasteiger partial charge in [-0.1, -0.05) is 60.4 Å². The third-order valence-electron chi connectivity index (χ3n) is 6.21. The Bertz CT molecular complexity index is 1580. The van der Waals surface area contributed by atoms with Gasteiger partial charge in [-0.25, -0.2) is 0 Å². The zero-order valence-corrected chi connectivity index (χ0v) is 23.6. The predicted molar refractivity (Wildman–Crippen MR) is 165 cm³/mol. The van der Waals surface area contributed by atoms with Gasteiger partial charge in [0.1, 0.15) is 17.2 Å². The quantitative estimate of drug-likeness (QED) is 0.176. The molecule has 2 amide bonds. The normalized spacial score (nSPS) is 13.9. The standard InChI is InChI=1S/C32H26N2O4S2/c1-21-8-11-24(18-22(21)2)33-30(35)20-37-26-14-9-23(10-15-26)19-29-31(36)34(32(39)40-29)25-12-16-28(17-13-25)38-27-6-4-3-5-7-27/h3-19H,20H2,1-2H3,(H,33,35)/b29-19-. The summed E-state index contributed by atoms with van der Waals surface area (Å²) in [5.74, 6) is 1.53. The number of anilines is 2. The molecule has 5 rings (SSSR count). The van der Waals surface area contributed by atoms with Gasteiger partial charge in [-0.05, 0) is 97.3 Å². The number of nitrogens with zero attached hydrogens (tertiary/aromatic N) is 1. The van der Waals surface area contributed by atoms with Crippen LogP contribution in [0.4, 0.5) is 11.4 Å². The maximum absolute atomic E-state index is 13.2. The summed E-state index contributed by atoms with van der Waals surface area (Å²) in [6.07, 6.45) is 1.79. The van der Waals surface area contributed by atoms with Crippen molar-refractivity contribution in [1.29, 1.82) is 0 Å². The number of carbonyl (C=O) groups is 2. The van der Waals surface area contributed by atoms with Crippen LogP contribution in [-0.2, 0) is 9.59 Å². The molecular formula is C32H26N2O4S2. The van der Waals surface area contributed by atoms with Crippen molar-refractivity contribution in [2.75, 3.05) is 16.8 Å². The van der Waals surface area contributed by atoms with Gasteiger partial charge >= 0.3 is 0 Å². The summed E-state index contributed by atoms with van der Waals surface area (Å²) in [5.41, 5.74) is 4.51. The van der Waals surface area contributed by atoms with Crippen molar-refractivity contribution in [3.05, 3.63) is 119 Å². The fraction of sp³-hybridized carbons (Fsp3) is 0.0938. The SMILES string of the molecule is Cc1ccc(NC(=O)COc2ccc(/C=C3\SC(=S)N(c4ccc(Oc5ccccc5)cc4)C3=O)cc2)cc1C. The lowest BCUT2D eigenvalue weighted by Crippen LogP contribution is -2.27. The van der Waals surface area contributed by atoms with Crippen LogP contribution < -0.4 is 19.7 Å². The second kappa shape index (κ2) is 12.2. The van der Waals surface area contributed by atoms with E-state index in [1.165, 1.54) is 22.2 Å². The van der Waals surface area contributed by atoms with Gasteiger partial charge < -0.3 is 14.8 Å². The highest BCUT2D eigenvalue weighted by atomic mass is 32.2. The zero-order chi connectivity index (χ0) is 28.1. The van der Waals surface area contributed by atoms with E-state index in [1.807, 2.05) is 98.8 Å². The molecule has 0 spiro atoms. The Morgan fingerprint density at radius 3 is 2.25 bits per heavy atom. The maximum atomic E-state index is 13.2. The van der Waals surface area contributed by atoms with Gasteiger partial charge in [-0.15, -0.1) is 0 Å². The molecule has 0 saturated carbocycles. The Morgan fingerprint density at radius 1 is 0.875 bits per heavy atom. The van der Waals surface area contributed by atoms with Crippen molar-refractivity contribution in [2.24, 2.45) is 0 Å². The molecule has 0 atom stereocenters. The lowest BCUT2D eigenvalue weighted by molar-refractivity contribution is -0.118. The molecule has 0 aliphatic carbocycles. The van der Waals surface area contributed by atoms with Crippen molar-refractivity contribution in [3.63, 3.8) is 0 Å². The van der Waals surface area contributed by atoms with E-state index in [9.17, 15) is 9.59 Å². The fourth-order valence-electron chi connectivity index (χ4n) is 3.95. The molecular weight excluding hydrogens is 540 g/mol. The van der Waals surface area contributed by atoms with E-state index in [2.05, 4.69) is 5.32 Å². The second-order valence-electron chi connectivity index (χ2n) is 9.13. The highest BCUT2D eigenvalue weighted by molar-refractivity contribution is 8.27. The summed E-state index contributed by atoms with van der Waals surface area (Å²) in [7, 11) is 0. The number of thiocarbonyl (C=S) groups is 1. The molecule has 8 heteroatoms. The van der Waals surface area contributed by atoms with E-state index in [0.29, 0.717) is 26.4 Å². The van der Waals surface area contributed by atoms with Crippen LogP contribution in [0.25, 0.3) is 6.08 Å². The number of ether oxygens (including phenoxy) is 2. The monoisotopic (exact) mass is 566 g/mol. The summed E-state index contributed by atoms with van der Waals surface area (Å²) in [6.45, 7) is 3.91. The van der Waals surface area contributed by atoms with Crippen LogP contribution in [-0.4, -0.2) is 22.7 Å². The Morgan fingerprint density at radius 2 is 1.55 bits per heavy atom. The smallest absolute Gasteiger partial charge is 0.270 e. The van der Waals surface area contributed by atoms with Crippen molar-refractivity contribution in [1.82, 2.24) is 0 Å². The Balaban J connectivity index is 1.18. The van der Waals surface area contributed by atoms with Crippen molar-refractivity contribution < 1.29 is 19.1 Å². The molecule has 0 radical (unpaired) electrons. The first-order chi connectivity index (χ1) is 19.4. The summed E-state index contributed by atoms with van der Waals surface area (Å²) >= 11 is 6.76. The fourth-order valence-corrected chi connectivity index (χ4v) is 5.25. The lowest BCUT2D eigenvalue weighted by atomic mass is 10.1. The summed E-state index contributed by atoms with van der Waals surface area (Å²) in [6, 6.07) is 29.7. The van der Waals surface area contributed by atoms with Crippen molar-refractivity contribution in [2.45, 2.75) is 13.8 Å². The van der Waals surface area contributed by atoms with Gasteiger partial charge in [0.05, 0.1) is 10.6 Å². The summed E-state index contributed by atoms with van der Waals surface area (Å²) < 4.78 is 11.9. The Labute approximate surface area is 242 Å². The van der Waals surface area contributed by atoms with E-state index in [1.54, 1.807) is 18.2 Å². The first-order valence-electron chi connectivity index (χ1n) is 12.6. The average molecular weight is 567 g/mol. The largest absolute Gasteiger partial charge is 0.484 e. The zero-order valence-electron chi connectivity index (χ0n) is 21.9. The van der Waals surface area contributed by atoms with E-state index in [0.717, 1.165) is 22.6 Å². The number of hydrogen-bond donors (Lipinski definition) is 1. The van der Waals surface area contributed by atoms with Gasteiger partial charge in [0.2, 0.25) is 0 Å². The second-order valence-corrected chi connectivity index (χ2v) is 10.8. The molecule has 0 bridgehead atoms. The first-order valence-corrected chi connectivity index (χ1v) is 13.8. The molecule has 0 aromatic heterocycles. The Hall–Kier alpha value is -4.40. The predicted octanol–water partition coefficient (Wildman–Crippen LogP) is 7.52. The minimum Gasteiger partial charge on any atom is -0.484 e. The molecule has 40 heavy (non-hydrogen) atoms. The topological polar surface area (TPSA) is 67.9 Å². The van der Waals surface area contributed by atoms with E-state index >= 15 is 0 Å². The number of aryl methyl sites for hydroxylation is 2. The number of carbonyl (C=O) groups excluding carboxylic acids is 2. The third-order valence-corrected chi connectivity index (χ3v) is 7.51. The molecule has 4 aromatic rings. The van der Waals surface area contributed by atoms with Crippen molar-refractivity contribution >= 4 is 57.6 Å². The molecule has 1 N–H and O–H groups in total. The highest BCUT2D eigenvalue weighted by Crippen LogP contribution is 2.37. The van der Waals surface area contributed by atoms with Gasteiger partial charge in [0.15, 0.2) is 10.9 Å². The minimum absolute atomic E-state index is 0.111. The van der Waals surface area contributed by atoms with Crippen LogP contribution in [0.1, 0.15) is 16.7 Å². The minimum atomic E-state index is -0.240. The third kappa shape index (κ3) is 6.59. The van der Waals surface area contributed by atoms with Crippen LogP contribution in [0.2, 0.25) is 0 Å². The van der Waals surface area contributed by atoms with Crippen LogP contribution >= 0.6 is 24.0 Å². The van der Waals surface area contributed by atoms with Crippen LogP contribution in [0.5, 0.6) is 17.2 Å². The maximum Gasteiger partial charge on any atom is 0.270 e. The number of para-hydroxylation sites is 1. The number of benzene rings is 4. The molecule has 6 nitrogen and oxygen atoms in total. The number of rotatable bonds is 8. The molecule has 1 heterocycles. The van der Waals surface area contributed by atoms with Gasteiger partial charge in [-0.2, -0.15) is 0 Å². The first kappa shape index (κ1) is 27.2. The van der Waals surface area contributed by atoms with E-state index in [-0.39, 0.29) is 18.4 Å². The molecule has 4 aromatic carbocycles. The van der Waals surface area contributed by atoms with Crippen LogP contribution in [0.15, 0.2) is 102 Å². The molecule has 1 saturated heterocycles. The van der Waals surface area contributed by atoms with Crippen LogP contribution in [0.3, 0.4) is 0 Å². The lowest BCUT2D eigenvalue weighted by Gasteiger charge is -2.15. The Kier molecular flexibility index (Phi) is 8.28. The van der Waals surface area contributed by atoms with Crippen molar-refractivity contribution in [3.8, 4) is 17.2 Å². The van der Waals surface area contributed by atoms with Gasteiger partial charge in [-0.3, -0.25) is 14.5 Å². The molecule has 1 aliphatic rings. The number of nitrogens with one attached hydrogen (secondary N) is 1. The highest BCUT2D eigenvalue weighted by Gasteiger charge is 2.33.